The molecule has 6 heterocycles. The van der Waals surface area contributed by atoms with Crippen molar-refractivity contribution >= 4 is 51.3 Å². The Morgan fingerprint density at radius 1 is 0.929 bits per heavy atom. The zero-order valence-electron chi connectivity index (χ0n) is 32.5. The molecule has 2 aliphatic heterocycles. The summed E-state index contributed by atoms with van der Waals surface area (Å²) in [5, 5.41) is 15.1. The molecule has 4 aliphatic rings. The predicted octanol–water partition coefficient (Wildman–Crippen LogP) is 5.97. The van der Waals surface area contributed by atoms with E-state index >= 15 is 0 Å². The number of hydrogen-bond acceptors (Lipinski definition) is 9. The molecule has 0 unspecified atom stereocenters. The van der Waals surface area contributed by atoms with E-state index in [0.29, 0.717) is 30.3 Å². The smallest absolute Gasteiger partial charge is 0.328 e. The number of aromatic nitrogens is 5. The highest BCUT2D eigenvalue weighted by atomic mass is 16.5. The molecule has 296 valence electrons. The van der Waals surface area contributed by atoms with Crippen molar-refractivity contribution < 1.29 is 19.1 Å². The van der Waals surface area contributed by atoms with E-state index in [9.17, 15) is 19.2 Å². The summed E-state index contributed by atoms with van der Waals surface area (Å²) >= 11 is 0. The number of imide groups is 1. The Morgan fingerprint density at radius 2 is 1.68 bits per heavy atom. The Bertz CT molecular complexity index is 2220. The van der Waals surface area contributed by atoms with Crippen molar-refractivity contribution in [2.24, 2.45) is 0 Å². The Hall–Kier alpha value is -5.70. The van der Waals surface area contributed by atoms with Gasteiger partial charge in [0.15, 0.2) is 0 Å². The van der Waals surface area contributed by atoms with Crippen LogP contribution in [0.4, 0.5) is 21.9 Å². The van der Waals surface area contributed by atoms with Gasteiger partial charge in [0, 0.05) is 63.0 Å². The third-order valence-electron chi connectivity index (χ3n) is 10.3. The molecule has 0 atom stereocenters. The summed E-state index contributed by atoms with van der Waals surface area (Å²) < 4.78 is 9.73. The number of rotatable bonds is 7. The van der Waals surface area contributed by atoms with Crippen LogP contribution in [0.25, 0.3) is 16.4 Å². The topological polar surface area (TPSA) is 162 Å². The van der Waals surface area contributed by atoms with Gasteiger partial charge in [0.2, 0.25) is 5.91 Å². The van der Waals surface area contributed by atoms with E-state index in [1.165, 1.54) is 44.7 Å². The predicted molar refractivity (Wildman–Crippen MR) is 217 cm³/mol. The number of urea groups is 1. The van der Waals surface area contributed by atoms with Crippen LogP contribution in [0.5, 0.6) is 5.75 Å². The Morgan fingerprint density at radius 3 is 2.38 bits per heavy atom. The largest absolute Gasteiger partial charge is 0.490 e. The van der Waals surface area contributed by atoms with E-state index < -0.39 is 0 Å². The van der Waals surface area contributed by atoms with Crippen molar-refractivity contribution in [3.8, 4) is 5.75 Å². The number of anilines is 3. The Labute approximate surface area is 326 Å². The van der Waals surface area contributed by atoms with Crippen molar-refractivity contribution in [2.45, 2.75) is 83.8 Å². The summed E-state index contributed by atoms with van der Waals surface area (Å²) in [6.45, 7) is 8.28. The minimum Gasteiger partial charge on any atom is -0.490 e. The first kappa shape index (κ1) is 38.6. The molecule has 4 aromatic heterocycles. The highest BCUT2D eigenvalue weighted by molar-refractivity contribution is 6.08. The molecule has 0 spiro atoms. The van der Waals surface area contributed by atoms with Crippen LogP contribution in [0.1, 0.15) is 88.0 Å². The molecule has 56 heavy (non-hydrogen) atoms. The number of carbonyl (C=O) groups excluding carboxylic acids is 3. The van der Waals surface area contributed by atoms with Crippen molar-refractivity contribution in [2.75, 3.05) is 54.9 Å². The maximum absolute atomic E-state index is 12.9. The molecule has 9 rings (SSSR count). The van der Waals surface area contributed by atoms with E-state index in [1.54, 1.807) is 33.8 Å². The zero-order chi connectivity index (χ0) is 39.2. The molecule has 4 fully saturated rings. The van der Waals surface area contributed by atoms with Crippen LogP contribution in [0, 0.1) is 0 Å². The molecular weight excluding hydrogens is 713 g/mol. The maximum atomic E-state index is 12.9. The SMILES string of the molecule is C1CC1.CC(C)Oc1cc2nn(C3CCCCC3)cc2cc1C(=O)Nc1ccc[nH]c1=O.CN1CCN(c2ccc3c(N4CCC(=O)NC4=O)cnn3c2)CC1. The molecule has 2 saturated carbocycles. The Kier molecular flexibility index (Phi) is 12.0. The first-order valence-electron chi connectivity index (χ1n) is 19.8. The minimum absolute atomic E-state index is 0.0976. The summed E-state index contributed by atoms with van der Waals surface area (Å²) in [6.07, 6.45) is 17.9. The standard InChI is InChI=1S/C22H26N4O3.C16H20N6O2.C3H6/c1-14(2)29-20-12-19-15(13-26(25-19)16-7-4-3-5-8-16)11-17(20)21(27)24-18-9-6-10-23-22(18)28;1-19-6-8-20(9-7-19)12-2-3-13-14(10-17-22(13)11-12)21-5-4-15(23)18-16(21)24;1-2-3-1/h6,9-14,16H,3-5,7-8H2,1-2H3,(H,23,28)(H,24,27);2-3,10-11H,4-9H2,1H3,(H,18,23,24);1-3H2. The van der Waals surface area contributed by atoms with Crippen molar-refractivity contribution in [3.63, 3.8) is 0 Å². The third kappa shape index (κ3) is 9.39. The summed E-state index contributed by atoms with van der Waals surface area (Å²) in [4.78, 5) is 57.0. The molecule has 3 N–H and O–H groups in total. The Balaban J connectivity index is 0.000000162. The van der Waals surface area contributed by atoms with Crippen LogP contribution >= 0.6 is 0 Å². The average molecular weight is 765 g/mol. The maximum Gasteiger partial charge on any atom is 0.328 e. The van der Waals surface area contributed by atoms with Gasteiger partial charge in [-0.05, 0) is 64.1 Å². The second kappa shape index (κ2) is 17.4. The highest BCUT2D eigenvalue weighted by Crippen LogP contribution is 2.32. The van der Waals surface area contributed by atoms with Crippen LogP contribution in [-0.4, -0.2) is 93.0 Å². The van der Waals surface area contributed by atoms with Gasteiger partial charge in [-0.15, -0.1) is 0 Å². The second-order valence-electron chi connectivity index (χ2n) is 15.2. The fourth-order valence-corrected chi connectivity index (χ4v) is 7.06. The van der Waals surface area contributed by atoms with Crippen molar-refractivity contribution in [1.82, 2.24) is 34.6 Å². The highest BCUT2D eigenvalue weighted by Gasteiger charge is 2.27. The third-order valence-corrected chi connectivity index (χ3v) is 10.3. The number of amides is 4. The fraction of sp³-hybridized carbons (Fsp3) is 0.463. The number of nitrogens with one attached hydrogen (secondary N) is 3. The average Bonchev–Trinajstić information content (AvgIpc) is 3.93. The van der Waals surface area contributed by atoms with E-state index in [-0.39, 0.29) is 35.2 Å². The second-order valence-corrected chi connectivity index (χ2v) is 15.2. The number of ether oxygens (including phenoxy) is 1. The number of fused-ring (bicyclic) bond motifs is 2. The molecule has 0 radical (unpaired) electrons. The van der Waals surface area contributed by atoms with Gasteiger partial charge >= 0.3 is 6.03 Å². The summed E-state index contributed by atoms with van der Waals surface area (Å²) in [5.74, 6) is -0.152. The van der Waals surface area contributed by atoms with Crippen molar-refractivity contribution in [1.29, 1.82) is 0 Å². The molecule has 4 amide bonds. The quantitative estimate of drug-likeness (QED) is 0.181. The summed E-state index contributed by atoms with van der Waals surface area (Å²) in [7, 11) is 2.13. The molecule has 2 aliphatic carbocycles. The summed E-state index contributed by atoms with van der Waals surface area (Å²) in [6, 6.07) is 10.9. The van der Waals surface area contributed by atoms with Gasteiger partial charge in [-0.3, -0.25) is 29.3 Å². The number of pyridine rings is 2. The lowest BCUT2D eigenvalue weighted by Gasteiger charge is -2.34. The molecule has 5 aromatic rings. The van der Waals surface area contributed by atoms with Crippen LogP contribution in [0.3, 0.4) is 0 Å². The molecule has 15 nitrogen and oxygen atoms in total. The first-order chi connectivity index (χ1) is 27.1. The normalized spacial score (nSPS) is 17.6. The molecule has 1 aromatic carbocycles. The van der Waals surface area contributed by atoms with Gasteiger partial charge < -0.3 is 24.8 Å². The van der Waals surface area contributed by atoms with Gasteiger partial charge in [-0.25, -0.2) is 9.31 Å². The van der Waals surface area contributed by atoms with Crippen LogP contribution in [0.15, 0.2) is 66.0 Å². The van der Waals surface area contributed by atoms with Gasteiger partial charge in [-0.2, -0.15) is 10.2 Å². The summed E-state index contributed by atoms with van der Waals surface area (Å²) in [5.41, 5.74) is 3.76. The number of H-pyrrole nitrogens is 1. The number of nitrogens with zero attached hydrogens (tertiary/aromatic N) is 7. The van der Waals surface area contributed by atoms with Gasteiger partial charge in [0.25, 0.3) is 11.5 Å². The zero-order valence-corrected chi connectivity index (χ0v) is 32.5. The first-order valence-corrected chi connectivity index (χ1v) is 19.8. The van der Waals surface area contributed by atoms with Gasteiger partial charge in [-0.1, -0.05) is 38.5 Å². The van der Waals surface area contributed by atoms with Crippen LogP contribution in [-0.2, 0) is 4.79 Å². The van der Waals surface area contributed by atoms with Gasteiger partial charge in [0.05, 0.1) is 52.5 Å². The van der Waals surface area contributed by atoms with E-state index in [0.717, 1.165) is 66.8 Å². The molecule has 2 saturated heterocycles. The number of benzene rings is 1. The number of carbonyl (C=O) groups is 3. The van der Waals surface area contributed by atoms with Gasteiger partial charge in [0.1, 0.15) is 11.4 Å². The number of piperazine rings is 1. The van der Waals surface area contributed by atoms with E-state index in [4.69, 9.17) is 9.84 Å². The monoisotopic (exact) mass is 764 g/mol. The molecular formula is C41H52N10O5. The molecule has 15 heteroatoms. The minimum atomic E-state index is -0.385. The fourth-order valence-electron chi connectivity index (χ4n) is 7.06. The lowest BCUT2D eigenvalue weighted by Crippen LogP contribution is -2.49. The van der Waals surface area contributed by atoms with E-state index in [2.05, 4.69) is 43.6 Å². The van der Waals surface area contributed by atoms with Crippen molar-refractivity contribution in [3.05, 3.63) is 77.1 Å². The lowest BCUT2D eigenvalue weighted by atomic mass is 9.96. The van der Waals surface area contributed by atoms with Crippen LogP contribution in [0.2, 0.25) is 0 Å². The lowest BCUT2D eigenvalue weighted by molar-refractivity contribution is -0.120. The van der Waals surface area contributed by atoms with Crippen LogP contribution < -0.4 is 30.7 Å². The number of hydrogen-bond donors (Lipinski definition) is 3. The number of likely N-dealkylation sites (N-methyl/N-ethyl adjacent to an activating group) is 1. The number of aromatic amines is 1. The molecule has 0 bridgehead atoms. The van der Waals surface area contributed by atoms with E-state index in [1.807, 2.05) is 43.1 Å².